The maximum absolute atomic E-state index is 12.0. The molecule has 2 aromatic rings. The monoisotopic (exact) mass is 292 g/mol. The minimum Gasteiger partial charge on any atom is -0.305 e. The van der Waals surface area contributed by atoms with Gasteiger partial charge in [-0.05, 0) is 18.6 Å². The molecule has 0 spiro atoms. The first-order chi connectivity index (χ1) is 9.47. The van der Waals surface area contributed by atoms with Crippen molar-refractivity contribution in [1.29, 1.82) is 0 Å². The second-order valence-corrected chi connectivity index (χ2v) is 4.32. The summed E-state index contributed by atoms with van der Waals surface area (Å²) in [5.74, 6) is -0.228. The minimum atomic E-state index is -0.517. The van der Waals surface area contributed by atoms with E-state index in [9.17, 15) is 14.9 Å². The average Bonchev–Trinajstić information content (AvgIpc) is 2.38. The Morgan fingerprint density at radius 3 is 2.75 bits per heavy atom. The molecule has 20 heavy (non-hydrogen) atoms. The van der Waals surface area contributed by atoms with E-state index in [-0.39, 0.29) is 16.7 Å². The van der Waals surface area contributed by atoms with Crippen molar-refractivity contribution in [1.82, 2.24) is 9.97 Å². The second-order valence-electron chi connectivity index (χ2n) is 3.94. The molecule has 1 aromatic carbocycles. The van der Waals surface area contributed by atoms with Crippen LogP contribution in [0.25, 0.3) is 0 Å². The third-order valence-electron chi connectivity index (χ3n) is 2.51. The van der Waals surface area contributed by atoms with Crippen LogP contribution in [0.4, 0.5) is 11.5 Å². The summed E-state index contributed by atoms with van der Waals surface area (Å²) in [7, 11) is 0. The van der Waals surface area contributed by atoms with E-state index in [1.807, 2.05) is 0 Å². The summed E-state index contributed by atoms with van der Waals surface area (Å²) in [6, 6.07) is 3.99. The Hall–Kier alpha value is -2.54. The van der Waals surface area contributed by atoms with Gasteiger partial charge in [0, 0.05) is 17.7 Å². The number of carbonyl (C=O) groups excluding carboxylic acids is 1. The van der Waals surface area contributed by atoms with Crippen molar-refractivity contribution in [3.8, 4) is 0 Å². The molecule has 0 saturated carbocycles. The average molecular weight is 293 g/mol. The Labute approximate surface area is 118 Å². The fourth-order valence-corrected chi connectivity index (χ4v) is 1.75. The first-order valence-electron chi connectivity index (χ1n) is 5.51. The minimum absolute atomic E-state index is 0.0680. The maximum Gasteiger partial charge on any atom is 0.269 e. The lowest BCUT2D eigenvalue weighted by Crippen LogP contribution is -2.14. The predicted molar refractivity (Wildman–Crippen MR) is 72.8 cm³/mol. The number of nitrogens with one attached hydrogen (secondary N) is 1. The molecule has 0 bridgehead atoms. The van der Waals surface area contributed by atoms with Crippen molar-refractivity contribution in [3.63, 3.8) is 0 Å². The highest BCUT2D eigenvalue weighted by atomic mass is 35.5. The van der Waals surface area contributed by atoms with Crippen LogP contribution in [0, 0.1) is 17.0 Å². The lowest BCUT2D eigenvalue weighted by atomic mass is 10.1. The van der Waals surface area contributed by atoms with E-state index in [4.69, 9.17) is 11.6 Å². The maximum atomic E-state index is 12.0. The molecule has 1 aromatic heterocycles. The molecule has 0 atom stereocenters. The molecular formula is C12H9ClN4O3. The van der Waals surface area contributed by atoms with Crippen LogP contribution in [0.3, 0.4) is 0 Å². The largest absolute Gasteiger partial charge is 0.305 e. The topological polar surface area (TPSA) is 98.0 Å². The van der Waals surface area contributed by atoms with E-state index in [0.717, 1.165) is 0 Å². The normalized spacial score (nSPS) is 10.1. The highest BCUT2D eigenvalue weighted by Gasteiger charge is 2.14. The summed E-state index contributed by atoms with van der Waals surface area (Å²) >= 11 is 5.66. The van der Waals surface area contributed by atoms with Crippen molar-refractivity contribution in [2.75, 3.05) is 5.32 Å². The van der Waals surface area contributed by atoms with Crippen molar-refractivity contribution in [3.05, 3.63) is 57.0 Å². The molecule has 1 amide bonds. The molecule has 0 saturated heterocycles. The zero-order valence-corrected chi connectivity index (χ0v) is 11.1. The van der Waals surface area contributed by atoms with E-state index >= 15 is 0 Å². The van der Waals surface area contributed by atoms with E-state index in [1.165, 1.54) is 30.6 Å². The Bertz CT molecular complexity index is 690. The number of hydrogen-bond acceptors (Lipinski definition) is 5. The van der Waals surface area contributed by atoms with Gasteiger partial charge in [0.05, 0.1) is 17.3 Å². The molecule has 2 rings (SSSR count). The molecule has 7 nitrogen and oxygen atoms in total. The van der Waals surface area contributed by atoms with Gasteiger partial charge in [0.25, 0.3) is 11.6 Å². The number of aryl methyl sites for hydroxylation is 1. The highest BCUT2D eigenvalue weighted by Crippen LogP contribution is 2.18. The Morgan fingerprint density at radius 2 is 2.15 bits per heavy atom. The van der Waals surface area contributed by atoms with Gasteiger partial charge in [-0.2, -0.15) is 0 Å². The number of hydrogen-bond donors (Lipinski definition) is 1. The number of aromatic nitrogens is 2. The van der Waals surface area contributed by atoms with Gasteiger partial charge in [0.2, 0.25) is 0 Å². The molecule has 0 radical (unpaired) electrons. The van der Waals surface area contributed by atoms with Crippen LogP contribution in [-0.4, -0.2) is 20.8 Å². The summed E-state index contributed by atoms with van der Waals surface area (Å²) in [5, 5.41) is 13.3. The van der Waals surface area contributed by atoms with Crippen LogP contribution >= 0.6 is 11.6 Å². The number of anilines is 1. The van der Waals surface area contributed by atoms with Crippen LogP contribution in [0.2, 0.25) is 5.15 Å². The summed E-state index contributed by atoms with van der Waals surface area (Å²) in [5.41, 5.74) is 0.741. The smallest absolute Gasteiger partial charge is 0.269 e. The van der Waals surface area contributed by atoms with Gasteiger partial charge in [0.1, 0.15) is 5.15 Å². The SMILES string of the molecule is Cc1cc([N+](=O)[O-])ccc1C(=O)Nc1cncc(Cl)n1. The summed E-state index contributed by atoms with van der Waals surface area (Å²) in [6.07, 6.45) is 2.69. The molecule has 8 heteroatoms. The summed E-state index contributed by atoms with van der Waals surface area (Å²) in [6.45, 7) is 1.62. The Balaban J connectivity index is 2.23. The van der Waals surface area contributed by atoms with Crippen molar-refractivity contribution in [2.45, 2.75) is 6.92 Å². The third-order valence-corrected chi connectivity index (χ3v) is 2.69. The molecule has 102 valence electrons. The van der Waals surface area contributed by atoms with E-state index in [2.05, 4.69) is 15.3 Å². The number of halogens is 1. The van der Waals surface area contributed by atoms with Crippen LogP contribution < -0.4 is 5.32 Å². The number of benzene rings is 1. The van der Waals surface area contributed by atoms with E-state index in [0.29, 0.717) is 11.1 Å². The van der Waals surface area contributed by atoms with Gasteiger partial charge in [0.15, 0.2) is 5.82 Å². The van der Waals surface area contributed by atoms with Gasteiger partial charge < -0.3 is 5.32 Å². The molecular weight excluding hydrogens is 284 g/mol. The number of non-ortho nitro benzene ring substituents is 1. The molecule has 0 fully saturated rings. The molecule has 0 aliphatic carbocycles. The Kier molecular flexibility index (Phi) is 3.90. The lowest BCUT2D eigenvalue weighted by molar-refractivity contribution is -0.384. The van der Waals surface area contributed by atoms with Crippen molar-refractivity contribution >= 4 is 29.0 Å². The quantitative estimate of drug-likeness (QED) is 0.692. The van der Waals surface area contributed by atoms with Gasteiger partial charge in [-0.3, -0.25) is 19.9 Å². The molecule has 0 aliphatic rings. The second kappa shape index (κ2) is 5.62. The standard InChI is InChI=1S/C12H9ClN4O3/c1-7-4-8(17(19)20)2-3-9(7)12(18)16-11-6-14-5-10(13)15-11/h2-6H,1H3,(H,15,16,18). The van der Waals surface area contributed by atoms with Gasteiger partial charge in [-0.25, -0.2) is 4.98 Å². The molecule has 1 N–H and O–H groups in total. The number of nitro groups is 1. The molecule has 0 unspecified atom stereocenters. The van der Waals surface area contributed by atoms with Gasteiger partial charge >= 0.3 is 0 Å². The van der Waals surface area contributed by atoms with Crippen LogP contribution in [-0.2, 0) is 0 Å². The van der Waals surface area contributed by atoms with Crippen LogP contribution in [0.15, 0.2) is 30.6 Å². The van der Waals surface area contributed by atoms with E-state index < -0.39 is 10.8 Å². The van der Waals surface area contributed by atoms with Crippen molar-refractivity contribution < 1.29 is 9.72 Å². The molecule has 0 aliphatic heterocycles. The first kappa shape index (κ1) is 13.9. The van der Waals surface area contributed by atoms with Gasteiger partial charge in [-0.15, -0.1) is 0 Å². The zero-order valence-electron chi connectivity index (χ0n) is 10.3. The van der Waals surface area contributed by atoms with E-state index in [1.54, 1.807) is 6.92 Å². The summed E-state index contributed by atoms with van der Waals surface area (Å²) in [4.78, 5) is 29.8. The van der Waals surface area contributed by atoms with Crippen LogP contribution in [0.1, 0.15) is 15.9 Å². The Morgan fingerprint density at radius 1 is 1.40 bits per heavy atom. The number of rotatable bonds is 3. The number of carbonyl (C=O) groups is 1. The van der Waals surface area contributed by atoms with Crippen LogP contribution in [0.5, 0.6) is 0 Å². The fourth-order valence-electron chi connectivity index (χ4n) is 1.60. The third kappa shape index (κ3) is 3.07. The highest BCUT2D eigenvalue weighted by molar-refractivity contribution is 6.29. The lowest BCUT2D eigenvalue weighted by Gasteiger charge is -2.06. The number of amides is 1. The zero-order chi connectivity index (χ0) is 14.7. The molecule has 1 heterocycles. The summed E-state index contributed by atoms with van der Waals surface area (Å²) < 4.78 is 0. The fraction of sp³-hybridized carbons (Fsp3) is 0.0833. The van der Waals surface area contributed by atoms with Crippen molar-refractivity contribution in [2.24, 2.45) is 0 Å². The first-order valence-corrected chi connectivity index (χ1v) is 5.89. The number of nitro benzene ring substituents is 1. The number of nitrogens with zero attached hydrogens (tertiary/aromatic N) is 3. The van der Waals surface area contributed by atoms with Gasteiger partial charge in [-0.1, -0.05) is 11.6 Å². The predicted octanol–water partition coefficient (Wildman–Crippen LogP) is 2.60.